The maximum Gasteiger partial charge on any atom is 0.338 e. The standard InChI is InChI=1S/C68H62O15/c69-63(51-33-17-5-18-34-51)76-45-55-57(73-41-47-25-9-1-10-26-47)59(74-42-48-27-11-2-12-28-48)61(75-43-49-29-13-3-14-30-49)68(80-55)83-58-56(46-77-64(70)52-35-19-6-20-36-52)79-67(78-44-50-31-15-4-16-32-50)62(82-66(72)54-39-23-8-24-40-54)60(58)81-65(71)53-37-21-7-22-38-53/h1-40,55-62,67-68H,41-46H2/t55-,56-,57-,58-,59+,60+,61+,62-,67+,68-/m1/s1. The summed E-state index contributed by atoms with van der Waals surface area (Å²) < 4.78 is 73.8. The monoisotopic (exact) mass is 1120 g/mol. The molecule has 8 aromatic carbocycles. The number of carbonyl (C=O) groups excluding carboxylic acids is 4. The molecule has 10 atom stereocenters. The number of esters is 4. The van der Waals surface area contributed by atoms with E-state index < -0.39 is 91.9 Å². The van der Waals surface area contributed by atoms with Crippen LogP contribution < -0.4 is 0 Å². The highest BCUT2D eigenvalue weighted by Gasteiger charge is 2.57. The van der Waals surface area contributed by atoms with Crippen molar-refractivity contribution >= 4 is 23.9 Å². The molecule has 10 rings (SSSR count). The van der Waals surface area contributed by atoms with Gasteiger partial charge in [0.1, 0.15) is 49.8 Å². The summed E-state index contributed by atoms with van der Waals surface area (Å²) >= 11 is 0. The van der Waals surface area contributed by atoms with E-state index in [0.717, 1.165) is 22.3 Å². The molecule has 0 spiro atoms. The summed E-state index contributed by atoms with van der Waals surface area (Å²) in [7, 11) is 0. The van der Waals surface area contributed by atoms with Crippen molar-refractivity contribution in [3.63, 3.8) is 0 Å². The average molecular weight is 1120 g/mol. The van der Waals surface area contributed by atoms with Crippen LogP contribution in [-0.4, -0.2) is 98.5 Å². The molecule has 2 aliphatic heterocycles. The minimum absolute atomic E-state index is 0.0113. The number of hydrogen-bond acceptors (Lipinski definition) is 15. The number of carbonyl (C=O) groups is 4. The van der Waals surface area contributed by atoms with Crippen LogP contribution in [0.15, 0.2) is 243 Å². The Hall–Kier alpha value is -8.64. The smallest absolute Gasteiger partial charge is 0.338 e. The molecule has 15 nitrogen and oxygen atoms in total. The molecule has 0 N–H and O–H groups in total. The van der Waals surface area contributed by atoms with Crippen LogP contribution >= 0.6 is 0 Å². The van der Waals surface area contributed by atoms with Gasteiger partial charge in [0.25, 0.3) is 0 Å². The quantitative estimate of drug-likeness (QED) is 0.0413. The van der Waals surface area contributed by atoms with Crippen molar-refractivity contribution < 1.29 is 71.3 Å². The van der Waals surface area contributed by atoms with Crippen molar-refractivity contribution in [1.29, 1.82) is 0 Å². The lowest BCUT2D eigenvalue weighted by Crippen LogP contribution is -2.67. The summed E-state index contributed by atoms with van der Waals surface area (Å²) in [5, 5.41) is 0. The summed E-state index contributed by atoms with van der Waals surface area (Å²) in [5.74, 6) is -2.95. The average Bonchev–Trinajstić information content (AvgIpc) is 3.63. The van der Waals surface area contributed by atoms with Crippen molar-refractivity contribution in [2.45, 2.75) is 87.8 Å². The van der Waals surface area contributed by atoms with Crippen LogP contribution in [-0.2, 0) is 78.5 Å². The molecule has 0 aromatic heterocycles. The first kappa shape index (κ1) is 57.6. The molecular weight excluding hydrogens is 1060 g/mol. The summed E-state index contributed by atoms with van der Waals surface area (Å²) in [6.07, 6.45) is -13.6. The van der Waals surface area contributed by atoms with E-state index in [-0.39, 0.29) is 49.7 Å². The van der Waals surface area contributed by atoms with Crippen LogP contribution in [0.4, 0.5) is 0 Å². The molecule has 0 saturated carbocycles. The van der Waals surface area contributed by atoms with Crippen LogP contribution in [0.1, 0.15) is 63.7 Å². The Morgan fingerprint density at radius 2 is 0.590 bits per heavy atom. The summed E-state index contributed by atoms with van der Waals surface area (Å²) in [6, 6.07) is 71.3. The maximum atomic E-state index is 14.7. The molecule has 83 heavy (non-hydrogen) atoms. The highest BCUT2D eigenvalue weighted by atomic mass is 16.8. The van der Waals surface area contributed by atoms with Gasteiger partial charge in [-0.3, -0.25) is 0 Å². The third-order valence-corrected chi connectivity index (χ3v) is 13.9. The molecular formula is C68H62O15. The van der Waals surface area contributed by atoms with E-state index in [9.17, 15) is 19.2 Å². The first-order chi connectivity index (χ1) is 40.8. The minimum atomic E-state index is -1.62. The molecule has 2 saturated heterocycles. The summed E-state index contributed by atoms with van der Waals surface area (Å²) in [5.41, 5.74) is 4.08. The van der Waals surface area contributed by atoms with Crippen molar-refractivity contribution in [3.8, 4) is 0 Å². The Morgan fingerprint density at radius 3 is 0.988 bits per heavy atom. The Balaban J connectivity index is 1.10. The topological polar surface area (TPSA) is 170 Å². The second kappa shape index (κ2) is 29.4. The van der Waals surface area contributed by atoms with Crippen LogP contribution in [0.5, 0.6) is 0 Å². The van der Waals surface area contributed by atoms with Gasteiger partial charge in [-0.25, -0.2) is 19.2 Å². The van der Waals surface area contributed by atoms with Crippen LogP contribution in [0, 0.1) is 0 Å². The number of hydrogen-bond donors (Lipinski definition) is 0. The van der Waals surface area contributed by atoms with E-state index in [2.05, 4.69) is 0 Å². The van der Waals surface area contributed by atoms with Gasteiger partial charge in [0.05, 0.1) is 48.7 Å². The second-order valence-electron chi connectivity index (χ2n) is 19.7. The van der Waals surface area contributed by atoms with Crippen LogP contribution in [0.2, 0.25) is 0 Å². The first-order valence-electron chi connectivity index (χ1n) is 27.4. The maximum absolute atomic E-state index is 14.7. The van der Waals surface area contributed by atoms with Crippen molar-refractivity contribution in [2.75, 3.05) is 13.2 Å². The van der Waals surface area contributed by atoms with Gasteiger partial charge in [-0.05, 0) is 70.8 Å². The van der Waals surface area contributed by atoms with E-state index in [1.165, 1.54) is 0 Å². The lowest BCUT2D eigenvalue weighted by molar-refractivity contribution is -0.369. The number of ether oxygens (including phenoxy) is 11. The Kier molecular flexibility index (Phi) is 20.4. The van der Waals surface area contributed by atoms with E-state index in [4.69, 9.17) is 52.1 Å². The molecule has 0 bridgehead atoms. The SMILES string of the molecule is O=C(OC[C@H]1O[C@H](O[C@H]2[C@H](OC(=O)c3ccccc3)[C@@H](OC(=O)c3ccccc3)[C@@H](OCc3ccccc3)O[C@@H]2COC(=O)c2ccccc2)[C@@H](OCc2ccccc2)[C@@H](OCc2ccccc2)[C@@H]1OCc1ccccc1)c1ccccc1. The normalized spacial score (nSPS) is 22.1. The van der Waals surface area contributed by atoms with Crippen molar-refractivity contribution in [1.82, 2.24) is 0 Å². The van der Waals surface area contributed by atoms with E-state index in [1.807, 2.05) is 121 Å². The zero-order chi connectivity index (χ0) is 57.0. The molecule has 0 aliphatic carbocycles. The molecule has 0 amide bonds. The molecule has 424 valence electrons. The zero-order valence-corrected chi connectivity index (χ0v) is 45.2. The third kappa shape index (κ3) is 15.9. The molecule has 2 heterocycles. The highest BCUT2D eigenvalue weighted by Crippen LogP contribution is 2.37. The third-order valence-electron chi connectivity index (χ3n) is 13.9. The first-order valence-corrected chi connectivity index (χ1v) is 27.4. The lowest BCUT2D eigenvalue weighted by atomic mass is 9.95. The molecule has 0 radical (unpaired) electrons. The van der Waals surface area contributed by atoms with Gasteiger partial charge >= 0.3 is 23.9 Å². The largest absolute Gasteiger partial charge is 0.459 e. The van der Waals surface area contributed by atoms with E-state index in [0.29, 0.717) is 5.56 Å². The number of rotatable bonds is 24. The Bertz CT molecular complexity index is 3250. The fourth-order valence-electron chi connectivity index (χ4n) is 9.63. The number of benzene rings is 8. The van der Waals surface area contributed by atoms with Crippen molar-refractivity contribution in [3.05, 3.63) is 287 Å². The Labute approximate surface area is 481 Å². The second-order valence-corrected chi connectivity index (χ2v) is 19.7. The summed E-state index contributed by atoms with van der Waals surface area (Å²) in [6.45, 7) is -0.784. The highest BCUT2D eigenvalue weighted by molar-refractivity contribution is 5.91. The van der Waals surface area contributed by atoms with Gasteiger partial charge in [0.15, 0.2) is 24.8 Å². The fraction of sp³-hybridized carbons (Fsp3) is 0.235. The molecule has 0 unspecified atom stereocenters. The van der Waals surface area contributed by atoms with Gasteiger partial charge in [0, 0.05) is 0 Å². The molecule has 15 heteroatoms. The lowest BCUT2D eigenvalue weighted by Gasteiger charge is -2.49. The minimum Gasteiger partial charge on any atom is -0.459 e. The predicted molar refractivity (Wildman–Crippen MR) is 303 cm³/mol. The van der Waals surface area contributed by atoms with Gasteiger partial charge in [-0.2, -0.15) is 0 Å². The van der Waals surface area contributed by atoms with Crippen molar-refractivity contribution in [2.24, 2.45) is 0 Å². The van der Waals surface area contributed by atoms with Gasteiger partial charge in [0.2, 0.25) is 0 Å². The Morgan fingerprint density at radius 1 is 0.289 bits per heavy atom. The van der Waals surface area contributed by atoms with Gasteiger partial charge in [-0.1, -0.05) is 194 Å². The van der Waals surface area contributed by atoms with E-state index in [1.54, 1.807) is 121 Å². The van der Waals surface area contributed by atoms with E-state index >= 15 is 0 Å². The zero-order valence-electron chi connectivity index (χ0n) is 45.2. The van der Waals surface area contributed by atoms with Gasteiger partial charge < -0.3 is 52.1 Å². The summed E-state index contributed by atoms with van der Waals surface area (Å²) in [4.78, 5) is 57.0. The predicted octanol–water partition coefficient (Wildman–Crippen LogP) is 11.0. The molecule has 2 aliphatic rings. The van der Waals surface area contributed by atoms with Gasteiger partial charge in [-0.15, -0.1) is 0 Å². The fourth-order valence-corrected chi connectivity index (χ4v) is 9.63. The molecule has 2 fully saturated rings. The van der Waals surface area contributed by atoms with Crippen LogP contribution in [0.3, 0.4) is 0 Å². The van der Waals surface area contributed by atoms with Crippen LogP contribution in [0.25, 0.3) is 0 Å². The molecule has 8 aromatic rings.